The third kappa shape index (κ3) is 4.29. The predicted octanol–water partition coefficient (Wildman–Crippen LogP) is 3.12. The number of carbonyl (C=O) groups excluding carboxylic acids is 1. The number of fused-ring (bicyclic) bond motifs is 2. The van der Waals surface area contributed by atoms with Gasteiger partial charge in [0.1, 0.15) is 11.5 Å². The van der Waals surface area contributed by atoms with Crippen LogP contribution in [-0.4, -0.2) is 66.7 Å². The van der Waals surface area contributed by atoms with Gasteiger partial charge < -0.3 is 15.5 Å². The Morgan fingerprint density at radius 1 is 1.11 bits per heavy atom. The second-order valence-electron chi connectivity index (χ2n) is 10.1. The van der Waals surface area contributed by atoms with Gasteiger partial charge in [-0.05, 0) is 36.0 Å². The summed E-state index contributed by atoms with van der Waals surface area (Å²) in [5.74, 6) is 1.39. The van der Waals surface area contributed by atoms with Crippen molar-refractivity contribution in [3.63, 3.8) is 0 Å². The van der Waals surface area contributed by atoms with Crippen molar-refractivity contribution in [2.24, 2.45) is 18.9 Å². The van der Waals surface area contributed by atoms with Gasteiger partial charge in [-0.1, -0.05) is 13.8 Å². The van der Waals surface area contributed by atoms with E-state index in [2.05, 4.69) is 49.5 Å². The van der Waals surface area contributed by atoms with Crippen LogP contribution in [0.2, 0.25) is 0 Å². The zero-order valence-corrected chi connectivity index (χ0v) is 20.9. The fraction of sp³-hybridized carbons (Fsp3) is 0.385. The van der Waals surface area contributed by atoms with E-state index in [1.165, 1.54) is 0 Å². The second kappa shape index (κ2) is 9.15. The minimum Gasteiger partial charge on any atom is -0.338 e. The first-order valence-corrected chi connectivity index (χ1v) is 12.5. The third-order valence-corrected chi connectivity index (χ3v) is 7.23. The average molecular weight is 502 g/mol. The van der Waals surface area contributed by atoms with Gasteiger partial charge in [-0.25, -0.2) is 24.3 Å². The van der Waals surface area contributed by atoms with E-state index in [0.29, 0.717) is 34.4 Å². The van der Waals surface area contributed by atoms with Crippen LogP contribution >= 0.6 is 0 Å². The van der Waals surface area contributed by atoms with Crippen molar-refractivity contribution in [3.8, 4) is 11.3 Å². The molecule has 10 nitrogen and oxygen atoms in total. The highest BCUT2D eigenvalue weighted by Gasteiger charge is 2.38. The standard InChI is InChI=1S/C26H28FN9O/c1-14(2)23-19-6-16(10-30-24(19)34-35(23)3)22-20(27)11-31-26(33-22)32-21-5-4-15(9-29-21)25(37)36-12-17-7-28-8-18(17)13-36/h4-6,9-11,14,17-18,28H,7-8,12-13H2,1-3H3,(H,29,31,32,33). The van der Waals surface area contributed by atoms with Crippen LogP contribution in [0.15, 0.2) is 36.8 Å². The summed E-state index contributed by atoms with van der Waals surface area (Å²) in [6, 6.07) is 5.31. The highest BCUT2D eigenvalue weighted by atomic mass is 19.1. The lowest BCUT2D eigenvalue weighted by Gasteiger charge is -2.17. The molecule has 11 heteroatoms. The molecule has 0 radical (unpaired) electrons. The van der Waals surface area contributed by atoms with Crippen molar-refractivity contribution in [2.75, 3.05) is 31.5 Å². The van der Waals surface area contributed by atoms with Gasteiger partial charge in [0.25, 0.3) is 5.91 Å². The van der Waals surface area contributed by atoms with Gasteiger partial charge in [0.05, 0.1) is 17.5 Å². The maximum absolute atomic E-state index is 14.8. The molecule has 2 aliphatic rings. The van der Waals surface area contributed by atoms with E-state index in [0.717, 1.165) is 43.5 Å². The molecule has 2 saturated heterocycles. The zero-order chi connectivity index (χ0) is 25.7. The van der Waals surface area contributed by atoms with Gasteiger partial charge in [-0.3, -0.25) is 9.48 Å². The van der Waals surface area contributed by atoms with E-state index >= 15 is 0 Å². The van der Waals surface area contributed by atoms with Crippen LogP contribution in [0.3, 0.4) is 0 Å². The summed E-state index contributed by atoms with van der Waals surface area (Å²) in [6.45, 7) is 7.66. The van der Waals surface area contributed by atoms with Crippen LogP contribution in [-0.2, 0) is 7.05 Å². The summed E-state index contributed by atoms with van der Waals surface area (Å²) in [6.07, 6.45) is 4.24. The maximum atomic E-state index is 14.8. The zero-order valence-electron chi connectivity index (χ0n) is 20.9. The SMILES string of the molecule is CC(C)c1c2cc(-c3nc(Nc4ccc(C(=O)N5CC6CNCC6C5)cn4)ncc3F)cnc2nn1C. The molecule has 0 bridgehead atoms. The number of aryl methyl sites for hydroxylation is 1. The quantitative estimate of drug-likeness (QED) is 0.429. The summed E-state index contributed by atoms with van der Waals surface area (Å²) in [5, 5.41) is 11.7. The molecule has 2 aliphatic heterocycles. The highest BCUT2D eigenvalue weighted by molar-refractivity contribution is 5.94. The first-order chi connectivity index (χ1) is 17.9. The number of amides is 1. The van der Waals surface area contributed by atoms with Crippen molar-refractivity contribution >= 4 is 28.7 Å². The molecule has 6 rings (SSSR count). The van der Waals surface area contributed by atoms with Crippen molar-refractivity contribution in [2.45, 2.75) is 19.8 Å². The summed E-state index contributed by atoms with van der Waals surface area (Å²) < 4.78 is 16.6. The molecular weight excluding hydrogens is 473 g/mol. The summed E-state index contributed by atoms with van der Waals surface area (Å²) >= 11 is 0. The Morgan fingerprint density at radius 3 is 2.59 bits per heavy atom. The topological polar surface area (TPSA) is 114 Å². The molecule has 2 atom stereocenters. The Kier molecular flexibility index (Phi) is 5.79. The fourth-order valence-electron chi connectivity index (χ4n) is 5.45. The van der Waals surface area contributed by atoms with E-state index in [9.17, 15) is 9.18 Å². The molecule has 6 heterocycles. The molecule has 1 amide bonds. The number of aromatic nitrogens is 6. The summed E-state index contributed by atoms with van der Waals surface area (Å²) in [5.41, 5.74) is 2.83. The Hall–Kier alpha value is -3.99. The molecule has 4 aromatic heterocycles. The van der Waals surface area contributed by atoms with Crippen LogP contribution in [0.5, 0.6) is 0 Å². The number of halogens is 1. The lowest BCUT2D eigenvalue weighted by Crippen LogP contribution is -2.31. The maximum Gasteiger partial charge on any atom is 0.255 e. The lowest BCUT2D eigenvalue weighted by atomic mass is 10.0. The van der Waals surface area contributed by atoms with E-state index < -0.39 is 5.82 Å². The van der Waals surface area contributed by atoms with Crippen LogP contribution in [0.25, 0.3) is 22.3 Å². The molecular formula is C26H28FN9O. The number of nitrogens with zero attached hydrogens (tertiary/aromatic N) is 7. The fourth-order valence-corrected chi connectivity index (χ4v) is 5.45. The predicted molar refractivity (Wildman–Crippen MR) is 137 cm³/mol. The van der Waals surface area contributed by atoms with E-state index in [1.54, 1.807) is 24.5 Å². The molecule has 2 fully saturated rings. The minimum absolute atomic E-state index is 0.00664. The largest absolute Gasteiger partial charge is 0.338 e. The molecule has 37 heavy (non-hydrogen) atoms. The monoisotopic (exact) mass is 501 g/mol. The molecule has 0 aromatic carbocycles. The van der Waals surface area contributed by atoms with E-state index in [-0.39, 0.29) is 23.5 Å². The minimum atomic E-state index is -0.554. The molecule has 0 spiro atoms. The Morgan fingerprint density at radius 2 is 1.89 bits per heavy atom. The molecule has 2 unspecified atom stereocenters. The van der Waals surface area contributed by atoms with Gasteiger partial charge in [-0.2, -0.15) is 5.10 Å². The number of carbonyl (C=O) groups is 1. The number of hydrogen-bond donors (Lipinski definition) is 2. The molecule has 2 N–H and O–H groups in total. The number of rotatable bonds is 5. The highest BCUT2D eigenvalue weighted by Crippen LogP contribution is 2.30. The Bertz CT molecular complexity index is 1470. The Balaban J connectivity index is 1.21. The summed E-state index contributed by atoms with van der Waals surface area (Å²) in [7, 11) is 1.88. The molecule has 0 aliphatic carbocycles. The lowest BCUT2D eigenvalue weighted by molar-refractivity contribution is 0.0781. The van der Waals surface area contributed by atoms with Gasteiger partial charge in [0, 0.05) is 56.6 Å². The van der Waals surface area contributed by atoms with E-state index in [4.69, 9.17) is 0 Å². The van der Waals surface area contributed by atoms with Crippen molar-refractivity contribution in [3.05, 3.63) is 53.9 Å². The number of nitrogens with one attached hydrogen (secondary N) is 2. The van der Waals surface area contributed by atoms with Gasteiger partial charge in [0.15, 0.2) is 11.5 Å². The van der Waals surface area contributed by atoms with Crippen molar-refractivity contribution < 1.29 is 9.18 Å². The number of pyridine rings is 2. The smallest absolute Gasteiger partial charge is 0.255 e. The van der Waals surface area contributed by atoms with Crippen LogP contribution in [0.1, 0.15) is 35.8 Å². The van der Waals surface area contributed by atoms with Crippen LogP contribution in [0, 0.1) is 17.7 Å². The Labute approximate surface area is 213 Å². The van der Waals surface area contributed by atoms with Gasteiger partial charge in [-0.15, -0.1) is 0 Å². The molecule has 190 valence electrons. The normalized spacial score (nSPS) is 19.1. The van der Waals surface area contributed by atoms with Gasteiger partial charge >= 0.3 is 0 Å². The van der Waals surface area contributed by atoms with Gasteiger partial charge in [0.2, 0.25) is 5.95 Å². The number of hydrogen-bond acceptors (Lipinski definition) is 8. The second-order valence-corrected chi connectivity index (χ2v) is 10.1. The average Bonchev–Trinajstić information content (AvgIpc) is 3.57. The number of likely N-dealkylation sites (tertiary alicyclic amines) is 1. The van der Waals surface area contributed by atoms with Crippen molar-refractivity contribution in [1.82, 2.24) is 39.9 Å². The first kappa shape index (κ1) is 23.4. The summed E-state index contributed by atoms with van der Waals surface area (Å²) in [4.78, 5) is 32.1. The molecule has 0 saturated carbocycles. The first-order valence-electron chi connectivity index (χ1n) is 12.5. The van der Waals surface area contributed by atoms with Crippen molar-refractivity contribution in [1.29, 1.82) is 0 Å². The molecule has 4 aromatic rings. The van der Waals surface area contributed by atoms with Crippen LogP contribution in [0.4, 0.5) is 16.2 Å². The third-order valence-electron chi connectivity index (χ3n) is 7.23. The van der Waals surface area contributed by atoms with E-state index in [1.807, 2.05) is 22.7 Å². The van der Waals surface area contributed by atoms with Crippen LogP contribution < -0.4 is 10.6 Å². The number of anilines is 2.